The molecule has 1 aromatic heterocycles. The summed E-state index contributed by atoms with van der Waals surface area (Å²) in [5.74, 6) is 0.885. The van der Waals surface area contributed by atoms with Crippen molar-refractivity contribution < 1.29 is 14.3 Å². The van der Waals surface area contributed by atoms with E-state index < -0.39 is 0 Å². The molecule has 21 heavy (non-hydrogen) atoms. The number of fused-ring (bicyclic) bond motifs is 1. The van der Waals surface area contributed by atoms with Crippen LogP contribution < -0.4 is 20.5 Å². The zero-order valence-electron chi connectivity index (χ0n) is 11.3. The summed E-state index contributed by atoms with van der Waals surface area (Å²) in [5.41, 5.74) is 7.70. The summed E-state index contributed by atoms with van der Waals surface area (Å²) in [5, 5.41) is 2.84. The van der Waals surface area contributed by atoms with E-state index in [0.29, 0.717) is 35.7 Å². The van der Waals surface area contributed by atoms with E-state index in [1.165, 1.54) is 0 Å². The van der Waals surface area contributed by atoms with Gasteiger partial charge in [0, 0.05) is 30.7 Å². The van der Waals surface area contributed by atoms with Crippen LogP contribution in [-0.2, 0) is 6.42 Å². The van der Waals surface area contributed by atoms with Crippen molar-refractivity contribution in [2.75, 3.05) is 19.1 Å². The smallest absolute Gasteiger partial charge is 0.253 e. The number of nitrogens with two attached hydrogens (primary N) is 1. The van der Waals surface area contributed by atoms with Gasteiger partial charge in [-0.25, -0.2) is 0 Å². The number of anilines is 1. The number of hydrogen-bond acceptors (Lipinski definition) is 5. The van der Waals surface area contributed by atoms with Gasteiger partial charge in [-0.05, 0) is 24.1 Å². The first-order valence-corrected chi connectivity index (χ1v) is 6.60. The first kappa shape index (κ1) is 13.2. The zero-order chi connectivity index (χ0) is 14.7. The molecule has 0 bridgehead atoms. The third kappa shape index (κ3) is 2.89. The zero-order valence-corrected chi connectivity index (χ0v) is 11.3. The van der Waals surface area contributed by atoms with E-state index in [1.807, 2.05) is 12.1 Å². The van der Waals surface area contributed by atoms with E-state index in [9.17, 15) is 4.79 Å². The Morgan fingerprint density at radius 2 is 2.14 bits per heavy atom. The maximum absolute atomic E-state index is 12.2. The second-order valence-corrected chi connectivity index (χ2v) is 4.66. The Kier molecular flexibility index (Phi) is 3.59. The largest absolute Gasteiger partial charge is 0.454 e. The number of hydrogen-bond donors (Lipinski definition) is 2. The Morgan fingerprint density at radius 1 is 1.33 bits per heavy atom. The molecule has 1 amide bonds. The van der Waals surface area contributed by atoms with Crippen LogP contribution in [0.1, 0.15) is 15.9 Å². The van der Waals surface area contributed by atoms with E-state index in [2.05, 4.69) is 10.3 Å². The molecule has 0 saturated carbocycles. The molecular weight excluding hydrogens is 270 g/mol. The third-order valence-corrected chi connectivity index (χ3v) is 3.21. The van der Waals surface area contributed by atoms with Crippen molar-refractivity contribution in [3.63, 3.8) is 0 Å². The van der Waals surface area contributed by atoms with Crippen LogP contribution in [0.15, 0.2) is 36.7 Å². The first-order valence-electron chi connectivity index (χ1n) is 6.60. The maximum atomic E-state index is 12.2. The fraction of sp³-hybridized carbons (Fsp3) is 0.200. The van der Waals surface area contributed by atoms with E-state index in [1.54, 1.807) is 24.5 Å². The summed E-state index contributed by atoms with van der Waals surface area (Å²) in [7, 11) is 0. The first-order chi connectivity index (χ1) is 10.2. The lowest BCUT2D eigenvalue weighted by Crippen LogP contribution is -2.26. The van der Waals surface area contributed by atoms with Gasteiger partial charge in [-0.3, -0.25) is 9.78 Å². The van der Waals surface area contributed by atoms with Gasteiger partial charge in [0.05, 0.1) is 5.56 Å². The average Bonchev–Trinajstić information content (AvgIpc) is 2.94. The molecular formula is C15H15N3O3. The van der Waals surface area contributed by atoms with Crippen molar-refractivity contribution in [1.82, 2.24) is 10.3 Å². The van der Waals surface area contributed by atoms with Crippen molar-refractivity contribution >= 4 is 11.6 Å². The number of nitrogens with zero attached hydrogens (tertiary/aromatic N) is 1. The van der Waals surface area contributed by atoms with Gasteiger partial charge in [-0.15, -0.1) is 0 Å². The van der Waals surface area contributed by atoms with Crippen LogP contribution in [0.25, 0.3) is 0 Å². The van der Waals surface area contributed by atoms with Crippen molar-refractivity contribution in [2.45, 2.75) is 6.42 Å². The molecule has 6 heteroatoms. The van der Waals surface area contributed by atoms with Gasteiger partial charge in [-0.2, -0.15) is 0 Å². The van der Waals surface area contributed by atoms with E-state index in [4.69, 9.17) is 15.2 Å². The summed E-state index contributed by atoms with van der Waals surface area (Å²) in [6, 6.07) is 7.05. The van der Waals surface area contributed by atoms with Crippen molar-refractivity contribution in [3.05, 3.63) is 47.8 Å². The maximum Gasteiger partial charge on any atom is 0.253 e. The average molecular weight is 285 g/mol. The lowest BCUT2D eigenvalue weighted by molar-refractivity contribution is 0.0954. The van der Waals surface area contributed by atoms with Crippen LogP contribution in [0.3, 0.4) is 0 Å². The number of rotatable bonds is 4. The number of nitrogens with one attached hydrogen (secondary N) is 1. The number of ether oxygens (including phenoxy) is 2. The monoisotopic (exact) mass is 285 g/mol. The van der Waals surface area contributed by atoms with Crippen LogP contribution in [0.2, 0.25) is 0 Å². The van der Waals surface area contributed by atoms with Gasteiger partial charge in [-0.1, -0.05) is 6.07 Å². The lowest BCUT2D eigenvalue weighted by Gasteiger charge is -2.08. The highest BCUT2D eigenvalue weighted by atomic mass is 16.7. The van der Waals surface area contributed by atoms with Gasteiger partial charge < -0.3 is 20.5 Å². The van der Waals surface area contributed by atoms with E-state index in [0.717, 1.165) is 5.56 Å². The molecule has 2 heterocycles. The quantitative estimate of drug-likeness (QED) is 0.828. The van der Waals surface area contributed by atoms with Crippen LogP contribution in [-0.4, -0.2) is 24.2 Å². The van der Waals surface area contributed by atoms with E-state index in [-0.39, 0.29) is 12.7 Å². The Balaban J connectivity index is 1.63. The predicted molar refractivity (Wildman–Crippen MR) is 77.3 cm³/mol. The molecule has 0 aliphatic carbocycles. The van der Waals surface area contributed by atoms with Gasteiger partial charge >= 0.3 is 0 Å². The molecule has 3 N–H and O–H groups in total. The minimum atomic E-state index is -0.227. The van der Waals surface area contributed by atoms with Crippen LogP contribution in [0, 0.1) is 0 Å². The Hall–Kier alpha value is -2.76. The van der Waals surface area contributed by atoms with Gasteiger partial charge in [0.2, 0.25) is 6.79 Å². The third-order valence-electron chi connectivity index (χ3n) is 3.21. The van der Waals surface area contributed by atoms with Gasteiger partial charge in [0.25, 0.3) is 5.91 Å². The molecule has 3 rings (SSSR count). The standard InChI is InChI=1S/C15H15N3O3/c16-12-7-14-13(20-9-21-14)6-11(12)15(19)18-5-3-10-2-1-4-17-8-10/h1-2,4,6-8H,3,5,9,16H2,(H,18,19). The molecule has 0 radical (unpaired) electrons. The summed E-state index contributed by atoms with van der Waals surface area (Å²) in [4.78, 5) is 16.2. The highest BCUT2D eigenvalue weighted by molar-refractivity contribution is 6.00. The molecule has 0 fully saturated rings. The molecule has 108 valence electrons. The molecule has 1 aromatic carbocycles. The molecule has 0 spiro atoms. The number of pyridine rings is 1. The summed E-state index contributed by atoms with van der Waals surface area (Å²) < 4.78 is 10.5. The number of nitrogen functional groups attached to an aromatic ring is 1. The number of carbonyl (C=O) groups excluding carboxylic acids is 1. The molecule has 0 unspecified atom stereocenters. The van der Waals surface area contributed by atoms with Crippen LogP contribution in [0.5, 0.6) is 11.5 Å². The minimum absolute atomic E-state index is 0.154. The Morgan fingerprint density at radius 3 is 2.90 bits per heavy atom. The second-order valence-electron chi connectivity index (χ2n) is 4.66. The highest BCUT2D eigenvalue weighted by Gasteiger charge is 2.19. The van der Waals surface area contributed by atoms with Gasteiger partial charge in [0.15, 0.2) is 11.5 Å². The fourth-order valence-corrected chi connectivity index (χ4v) is 2.12. The van der Waals surface area contributed by atoms with Crippen molar-refractivity contribution in [2.24, 2.45) is 0 Å². The van der Waals surface area contributed by atoms with Crippen molar-refractivity contribution in [3.8, 4) is 11.5 Å². The molecule has 1 aliphatic rings. The highest BCUT2D eigenvalue weighted by Crippen LogP contribution is 2.35. The summed E-state index contributed by atoms with van der Waals surface area (Å²) in [6.45, 7) is 0.666. The number of carbonyl (C=O) groups is 1. The van der Waals surface area contributed by atoms with Crippen LogP contribution >= 0.6 is 0 Å². The Bertz CT molecular complexity index is 659. The van der Waals surface area contributed by atoms with Crippen molar-refractivity contribution in [1.29, 1.82) is 0 Å². The number of amides is 1. The summed E-state index contributed by atoms with van der Waals surface area (Å²) in [6.07, 6.45) is 4.21. The molecule has 2 aromatic rings. The predicted octanol–water partition coefficient (Wildman–Crippen LogP) is 1.36. The SMILES string of the molecule is Nc1cc2c(cc1C(=O)NCCc1cccnc1)OCO2. The molecule has 0 atom stereocenters. The normalized spacial score (nSPS) is 12.2. The topological polar surface area (TPSA) is 86.5 Å². The number of benzene rings is 1. The van der Waals surface area contributed by atoms with Gasteiger partial charge in [0.1, 0.15) is 0 Å². The minimum Gasteiger partial charge on any atom is -0.454 e. The number of aromatic nitrogens is 1. The summed E-state index contributed by atoms with van der Waals surface area (Å²) >= 11 is 0. The molecule has 0 saturated heterocycles. The Labute approximate surface area is 121 Å². The fourth-order valence-electron chi connectivity index (χ4n) is 2.12. The van der Waals surface area contributed by atoms with Crippen LogP contribution in [0.4, 0.5) is 5.69 Å². The lowest BCUT2D eigenvalue weighted by atomic mass is 10.1. The van der Waals surface area contributed by atoms with E-state index >= 15 is 0 Å². The second kappa shape index (κ2) is 5.70. The molecule has 6 nitrogen and oxygen atoms in total. The molecule has 1 aliphatic heterocycles.